The van der Waals surface area contributed by atoms with E-state index >= 15 is 4.39 Å². The maximum atomic E-state index is 15.7. The molecule has 236 valence electrons. The van der Waals surface area contributed by atoms with Crippen molar-refractivity contribution < 1.29 is 27.1 Å². The van der Waals surface area contributed by atoms with E-state index in [0.717, 1.165) is 17.5 Å². The SMILES string of the molecule is COc1ccccc1N1CC2(C1)C(=O)N(C)c1cnc3cc(F)c(-c4cnc(OCCNC(C)C)c(NS(C)(=O)=O)c4)cc3c12. The zero-order valence-electron chi connectivity index (χ0n) is 25.7. The number of hydrogen-bond donors (Lipinski definition) is 2. The summed E-state index contributed by atoms with van der Waals surface area (Å²) in [7, 11) is -0.361. The zero-order valence-corrected chi connectivity index (χ0v) is 26.5. The van der Waals surface area contributed by atoms with E-state index < -0.39 is 21.3 Å². The van der Waals surface area contributed by atoms with Crippen molar-refractivity contribution in [1.82, 2.24) is 15.3 Å². The van der Waals surface area contributed by atoms with Crippen molar-refractivity contribution in [3.63, 3.8) is 0 Å². The molecule has 11 nitrogen and oxygen atoms in total. The maximum absolute atomic E-state index is 15.7. The number of carbonyl (C=O) groups is 1. The molecule has 2 aliphatic heterocycles. The number of sulfonamides is 1. The van der Waals surface area contributed by atoms with Crippen LogP contribution in [0.2, 0.25) is 0 Å². The van der Waals surface area contributed by atoms with Crippen molar-refractivity contribution in [1.29, 1.82) is 0 Å². The molecule has 13 heteroatoms. The van der Waals surface area contributed by atoms with Crippen molar-refractivity contribution in [2.75, 3.05) is 61.2 Å². The van der Waals surface area contributed by atoms with Gasteiger partial charge in [0.2, 0.25) is 21.8 Å². The minimum atomic E-state index is -3.70. The number of aromatic nitrogens is 2. The topological polar surface area (TPSA) is 126 Å². The van der Waals surface area contributed by atoms with Crippen LogP contribution in [0.3, 0.4) is 0 Å². The Morgan fingerprint density at radius 2 is 1.84 bits per heavy atom. The van der Waals surface area contributed by atoms with Crippen LogP contribution in [0.15, 0.2) is 54.9 Å². The summed E-state index contributed by atoms with van der Waals surface area (Å²) in [4.78, 5) is 26.3. The molecule has 0 aliphatic carbocycles. The van der Waals surface area contributed by atoms with E-state index in [2.05, 4.69) is 24.9 Å². The van der Waals surface area contributed by atoms with E-state index in [9.17, 15) is 13.2 Å². The van der Waals surface area contributed by atoms with Crippen LogP contribution in [0.4, 0.5) is 21.5 Å². The first-order valence-corrected chi connectivity index (χ1v) is 16.4. The van der Waals surface area contributed by atoms with Crippen molar-refractivity contribution in [2.45, 2.75) is 25.3 Å². The summed E-state index contributed by atoms with van der Waals surface area (Å²) in [5.41, 5.74) is 2.51. The quantitative estimate of drug-likeness (QED) is 0.250. The molecule has 1 spiro atoms. The van der Waals surface area contributed by atoms with Crippen molar-refractivity contribution in [3.05, 3.63) is 66.2 Å². The van der Waals surface area contributed by atoms with Gasteiger partial charge in [-0.05, 0) is 24.3 Å². The lowest BCUT2D eigenvalue weighted by Gasteiger charge is -2.48. The van der Waals surface area contributed by atoms with Gasteiger partial charge in [-0.25, -0.2) is 17.8 Å². The number of amides is 1. The predicted molar refractivity (Wildman–Crippen MR) is 172 cm³/mol. The Labute approximate surface area is 261 Å². The van der Waals surface area contributed by atoms with Crippen molar-refractivity contribution in [3.8, 4) is 22.8 Å². The standard InChI is InChI=1S/C32H35FN6O5S/c1-19(2)34-10-11-44-30-25(37-45(5,41)42)12-20(15-36-30)21-13-22-24(14-23(21)33)35-16-27-29(22)32(31(40)38(27)3)17-39(18-32)26-8-6-7-9-28(26)43-4/h6-9,12-16,19,34,37H,10-11,17-18H2,1-5H3. The summed E-state index contributed by atoms with van der Waals surface area (Å²) in [6.45, 7) is 5.61. The van der Waals surface area contributed by atoms with Crippen LogP contribution in [0.5, 0.6) is 11.6 Å². The Morgan fingerprint density at radius 1 is 1.09 bits per heavy atom. The molecule has 1 fully saturated rings. The van der Waals surface area contributed by atoms with Crippen LogP contribution in [0.25, 0.3) is 22.0 Å². The largest absolute Gasteiger partial charge is 0.495 e. The third-order valence-electron chi connectivity index (χ3n) is 8.19. The van der Waals surface area contributed by atoms with E-state index in [-0.39, 0.29) is 35.7 Å². The number of nitrogens with zero attached hydrogens (tertiary/aromatic N) is 4. The van der Waals surface area contributed by atoms with E-state index in [0.29, 0.717) is 47.5 Å². The highest BCUT2D eigenvalue weighted by atomic mass is 32.2. The number of methoxy groups -OCH3 is 1. The molecule has 4 heterocycles. The first kappa shape index (κ1) is 30.5. The second-order valence-corrected chi connectivity index (χ2v) is 13.5. The molecule has 1 saturated heterocycles. The fraction of sp³-hybridized carbons (Fsp3) is 0.344. The third-order valence-corrected chi connectivity index (χ3v) is 8.78. The minimum Gasteiger partial charge on any atom is -0.495 e. The van der Waals surface area contributed by atoms with Crippen LogP contribution in [-0.2, 0) is 20.2 Å². The van der Waals surface area contributed by atoms with E-state index in [1.54, 1.807) is 31.3 Å². The van der Waals surface area contributed by atoms with E-state index in [4.69, 9.17) is 9.47 Å². The highest BCUT2D eigenvalue weighted by Crippen LogP contribution is 2.52. The van der Waals surface area contributed by atoms with Crippen LogP contribution >= 0.6 is 0 Å². The molecular formula is C32H35FN6O5S. The predicted octanol–water partition coefficient (Wildman–Crippen LogP) is 3.93. The number of para-hydroxylation sites is 2. The molecule has 1 amide bonds. The highest BCUT2D eigenvalue weighted by molar-refractivity contribution is 7.92. The number of likely N-dealkylation sites (N-methyl/N-ethyl adjacent to an activating group) is 1. The number of halogens is 1. The van der Waals surface area contributed by atoms with E-state index in [1.807, 2.05) is 38.1 Å². The zero-order chi connectivity index (χ0) is 32.1. The lowest BCUT2D eigenvalue weighted by Crippen LogP contribution is -2.64. The first-order valence-electron chi connectivity index (χ1n) is 14.5. The normalized spacial score (nSPS) is 15.5. The van der Waals surface area contributed by atoms with Crippen LogP contribution in [-0.4, -0.2) is 77.0 Å². The Hall–Kier alpha value is -4.49. The van der Waals surface area contributed by atoms with Gasteiger partial charge >= 0.3 is 0 Å². The minimum absolute atomic E-state index is 0.0569. The summed E-state index contributed by atoms with van der Waals surface area (Å²) in [6, 6.07) is 12.4. The molecule has 0 unspecified atom stereocenters. The van der Waals surface area contributed by atoms with Gasteiger partial charge in [-0.2, -0.15) is 0 Å². The average Bonchev–Trinajstić information content (AvgIpc) is 3.20. The molecule has 2 N–H and O–H groups in total. The number of pyridine rings is 2. The Bertz CT molecular complexity index is 1910. The molecule has 2 aromatic carbocycles. The second-order valence-electron chi connectivity index (χ2n) is 11.8. The number of hydrogen-bond acceptors (Lipinski definition) is 9. The molecular weight excluding hydrogens is 599 g/mol. The number of fused-ring (bicyclic) bond motifs is 4. The number of ether oxygens (including phenoxy) is 2. The lowest BCUT2D eigenvalue weighted by atomic mass is 9.73. The van der Waals surface area contributed by atoms with Crippen LogP contribution < -0.4 is 29.3 Å². The van der Waals surface area contributed by atoms with Crippen molar-refractivity contribution in [2.24, 2.45) is 0 Å². The Balaban J connectivity index is 1.41. The smallest absolute Gasteiger partial charge is 0.241 e. The van der Waals surface area contributed by atoms with Gasteiger partial charge < -0.3 is 24.6 Å². The fourth-order valence-corrected chi connectivity index (χ4v) is 6.71. The molecule has 45 heavy (non-hydrogen) atoms. The monoisotopic (exact) mass is 634 g/mol. The van der Waals surface area contributed by atoms with Gasteiger partial charge in [0.25, 0.3) is 0 Å². The number of benzene rings is 2. The van der Waals surface area contributed by atoms with Gasteiger partial charge in [0.05, 0.1) is 36.5 Å². The number of nitrogens with one attached hydrogen (secondary N) is 2. The van der Waals surface area contributed by atoms with Crippen LogP contribution in [0.1, 0.15) is 19.4 Å². The summed E-state index contributed by atoms with van der Waals surface area (Å²) >= 11 is 0. The van der Waals surface area contributed by atoms with Gasteiger partial charge in [-0.3, -0.25) is 14.5 Å². The number of carbonyl (C=O) groups excluding carboxylic acids is 1. The van der Waals surface area contributed by atoms with Gasteiger partial charge in [0.1, 0.15) is 29.3 Å². The van der Waals surface area contributed by atoms with Gasteiger partial charge in [-0.1, -0.05) is 26.0 Å². The Kier molecular flexibility index (Phi) is 7.77. The third kappa shape index (κ3) is 5.50. The molecule has 4 aromatic rings. The molecule has 0 bridgehead atoms. The summed E-state index contributed by atoms with van der Waals surface area (Å²) in [6.07, 6.45) is 4.08. The molecule has 0 saturated carbocycles. The van der Waals surface area contributed by atoms with Crippen molar-refractivity contribution >= 4 is 43.9 Å². The Morgan fingerprint density at radius 3 is 2.56 bits per heavy atom. The average molecular weight is 635 g/mol. The number of rotatable bonds is 10. The highest BCUT2D eigenvalue weighted by Gasteiger charge is 2.58. The molecule has 0 radical (unpaired) electrons. The maximum Gasteiger partial charge on any atom is 0.241 e. The van der Waals surface area contributed by atoms with E-state index in [1.165, 1.54) is 18.3 Å². The molecule has 0 atom stereocenters. The summed E-state index contributed by atoms with van der Waals surface area (Å²) < 4.78 is 53.9. The van der Waals surface area contributed by atoms with Gasteiger partial charge in [0.15, 0.2) is 0 Å². The molecule has 6 rings (SSSR count). The fourth-order valence-electron chi connectivity index (χ4n) is 6.16. The van der Waals surface area contributed by atoms with Crippen LogP contribution in [0, 0.1) is 5.82 Å². The second kappa shape index (κ2) is 11.5. The molecule has 2 aliphatic rings. The first-order chi connectivity index (χ1) is 21.4. The summed E-state index contributed by atoms with van der Waals surface area (Å²) in [5, 5.41) is 3.86. The lowest BCUT2D eigenvalue weighted by molar-refractivity contribution is -0.123. The summed E-state index contributed by atoms with van der Waals surface area (Å²) in [5.74, 6) is 0.173. The molecule has 2 aromatic heterocycles. The van der Waals surface area contributed by atoms with Gasteiger partial charge in [-0.15, -0.1) is 0 Å². The number of anilines is 3. The van der Waals surface area contributed by atoms with Gasteiger partial charge in [0, 0.05) is 67.1 Å².